The van der Waals surface area contributed by atoms with Crippen molar-refractivity contribution in [2.45, 2.75) is 19.3 Å². The van der Waals surface area contributed by atoms with E-state index < -0.39 is 0 Å². The molecule has 0 atom stereocenters. The summed E-state index contributed by atoms with van der Waals surface area (Å²) in [5.41, 5.74) is 4.61. The molecule has 0 spiro atoms. The summed E-state index contributed by atoms with van der Waals surface area (Å²) in [6.07, 6.45) is 0. The van der Waals surface area contributed by atoms with E-state index in [1.165, 1.54) is 16.5 Å². The van der Waals surface area contributed by atoms with Crippen molar-refractivity contribution < 1.29 is 4.42 Å². The third kappa shape index (κ3) is 1.31. The Morgan fingerprint density at radius 1 is 1.05 bits per heavy atom. The molecule has 0 radical (unpaired) electrons. The van der Waals surface area contributed by atoms with Gasteiger partial charge in [0.05, 0.1) is 0 Å². The molecular weight excluding hydrogens is 256 g/mol. The molecule has 0 N–H and O–H groups in total. The van der Waals surface area contributed by atoms with E-state index in [1.807, 2.05) is 24.3 Å². The fourth-order valence-corrected chi connectivity index (χ4v) is 3.41. The van der Waals surface area contributed by atoms with E-state index in [0.717, 1.165) is 21.9 Å². The lowest BCUT2D eigenvalue weighted by atomic mass is 9.81. The second-order valence-corrected chi connectivity index (χ2v) is 6.05. The predicted molar refractivity (Wildman–Crippen MR) is 78.8 cm³/mol. The van der Waals surface area contributed by atoms with Crippen LogP contribution in [0, 0.1) is 0 Å². The Morgan fingerprint density at radius 3 is 2.68 bits per heavy atom. The molecule has 3 aromatic rings. The van der Waals surface area contributed by atoms with Gasteiger partial charge in [0, 0.05) is 27.0 Å². The third-order valence-corrected chi connectivity index (χ3v) is 4.36. The second-order valence-electron chi connectivity index (χ2n) is 5.62. The van der Waals surface area contributed by atoms with Crippen molar-refractivity contribution in [2.24, 2.45) is 0 Å². The Hall–Kier alpha value is -1.73. The molecule has 0 saturated carbocycles. The minimum absolute atomic E-state index is 0.0398. The monoisotopic (exact) mass is 268 g/mol. The van der Waals surface area contributed by atoms with E-state index in [2.05, 4.69) is 32.0 Å². The molecule has 0 bridgehead atoms. The SMILES string of the molecule is CC1(C)c2ccc(Cl)cc2-c2oc3ccccc3c21. The van der Waals surface area contributed by atoms with E-state index in [1.54, 1.807) is 0 Å². The van der Waals surface area contributed by atoms with Crippen molar-refractivity contribution in [3.8, 4) is 11.3 Å². The van der Waals surface area contributed by atoms with Gasteiger partial charge in [0.1, 0.15) is 11.3 Å². The second kappa shape index (κ2) is 3.43. The van der Waals surface area contributed by atoms with Crippen molar-refractivity contribution in [2.75, 3.05) is 0 Å². The third-order valence-electron chi connectivity index (χ3n) is 4.12. The summed E-state index contributed by atoms with van der Waals surface area (Å²) in [6.45, 7) is 4.49. The average molecular weight is 269 g/mol. The van der Waals surface area contributed by atoms with Crippen LogP contribution in [0.3, 0.4) is 0 Å². The zero-order valence-corrected chi connectivity index (χ0v) is 11.6. The standard InChI is InChI=1S/C17H13ClO/c1-17(2)13-8-7-10(18)9-12(13)16-15(17)11-5-3-4-6-14(11)19-16/h3-9H,1-2H3. The van der Waals surface area contributed by atoms with Crippen molar-refractivity contribution in [1.82, 2.24) is 0 Å². The molecule has 1 aliphatic rings. The number of rotatable bonds is 0. The number of halogens is 1. The Bertz CT molecular complexity index is 811. The molecule has 1 aromatic heterocycles. The van der Waals surface area contributed by atoms with Crippen LogP contribution >= 0.6 is 11.6 Å². The molecule has 0 unspecified atom stereocenters. The van der Waals surface area contributed by atoms with Gasteiger partial charge in [0.2, 0.25) is 0 Å². The maximum atomic E-state index is 6.14. The van der Waals surface area contributed by atoms with Crippen molar-refractivity contribution in [3.63, 3.8) is 0 Å². The molecule has 0 amide bonds. The number of furan rings is 1. The number of hydrogen-bond acceptors (Lipinski definition) is 1. The quantitative estimate of drug-likeness (QED) is 0.533. The zero-order valence-electron chi connectivity index (χ0n) is 10.8. The fraction of sp³-hybridized carbons (Fsp3) is 0.176. The lowest BCUT2D eigenvalue weighted by molar-refractivity contribution is 0.619. The molecule has 0 aliphatic heterocycles. The molecule has 19 heavy (non-hydrogen) atoms. The van der Waals surface area contributed by atoms with Crippen molar-refractivity contribution in [3.05, 3.63) is 58.6 Å². The Labute approximate surface area is 116 Å². The lowest BCUT2D eigenvalue weighted by Gasteiger charge is -2.20. The highest BCUT2D eigenvalue weighted by Crippen LogP contribution is 2.53. The molecule has 1 nitrogen and oxygen atoms in total. The first-order valence-electron chi connectivity index (χ1n) is 6.41. The van der Waals surface area contributed by atoms with Crippen LogP contribution in [0.5, 0.6) is 0 Å². The van der Waals surface area contributed by atoms with E-state index in [0.29, 0.717) is 0 Å². The maximum absolute atomic E-state index is 6.14. The van der Waals surface area contributed by atoms with Crippen LogP contribution in [-0.2, 0) is 5.41 Å². The Kier molecular flexibility index (Phi) is 2.01. The zero-order chi connectivity index (χ0) is 13.2. The molecule has 4 rings (SSSR count). The first kappa shape index (κ1) is 11.1. The fourth-order valence-electron chi connectivity index (χ4n) is 3.24. The van der Waals surface area contributed by atoms with E-state index in [-0.39, 0.29) is 5.41 Å². The summed E-state index contributed by atoms with van der Waals surface area (Å²) in [5, 5.41) is 1.96. The van der Waals surface area contributed by atoms with Gasteiger partial charge in [-0.25, -0.2) is 0 Å². The highest BCUT2D eigenvalue weighted by atomic mass is 35.5. The summed E-state index contributed by atoms with van der Waals surface area (Å²) >= 11 is 6.14. The molecule has 1 heterocycles. The highest BCUT2D eigenvalue weighted by molar-refractivity contribution is 6.31. The van der Waals surface area contributed by atoms with Crippen LogP contribution in [0.25, 0.3) is 22.3 Å². The topological polar surface area (TPSA) is 13.1 Å². The molecule has 2 aromatic carbocycles. The Balaban J connectivity index is 2.18. The number of hydrogen-bond donors (Lipinski definition) is 0. The van der Waals surface area contributed by atoms with Crippen LogP contribution in [0.1, 0.15) is 25.0 Å². The number of benzene rings is 2. The minimum Gasteiger partial charge on any atom is -0.456 e. The van der Waals surface area contributed by atoms with Gasteiger partial charge in [-0.15, -0.1) is 0 Å². The van der Waals surface area contributed by atoms with Gasteiger partial charge in [-0.3, -0.25) is 0 Å². The van der Waals surface area contributed by atoms with Crippen LogP contribution in [-0.4, -0.2) is 0 Å². The Morgan fingerprint density at radius 2 is 1.84 bits per heavy atom. The van der Waals surface area contributed by atoms with Gasteiger partial charge < -0.3 is 4.42 Å². The maximum Gasteiger partial charge on any atom is 0.139 e. The normalized spacial score (nSPS) is 15.5. The number of para-hydroxylation sites is 1. The van der Waals surface area contributed by atoms with Crippen molar-refractivity contribution >= 4 is 22.6 Å². The van der Waals surface area contributed by atoms with Gasteiger partial charge in [0.15, 0.2) is 0 Å². The molecule has 1 aliphatic carbocycles. The lowest BCUT2D eigenvalue weighted by Crippen LogP contribution is -2.14. The molecule has 2 heteroatoms. The molecular formula is C17H13ClO. The number of fused-ring (bicyclic) bond motifs is 5. The minimum atomic E-state index is -0.0398. The largest absolute Gasteiger partial charge is 0.456 e. The van der Waals surface area contributed by atoms with Crippen molar-refractivity contribution in [1.29, 1.82) is 0 Å². The first-order valence-corrected chi connectivity index (χ1v) is 6.79. The molecule has 94 valence electrons. The van der Waals surface area contributed by atoms with Crippen LogP contribution < -0.4 is 0 Å². The van der Waals surface area contributed by atoms with E-state index >= 15 is 0 Å². The van der Waals surface area contributed by atoms with Gasteiger partial charge in [-0.2, -0.15) is 0 Å². The highest BCUT2D eigenvalue weighted by Gasteiger charge is 2.40. The van der Waals surface area contributed by atoms with Crippen LogP contribution in [0.15, 0.2) is 46.9 Å². The average Bonchev–Trinajstić information content (AvgIpc) is 2.86. The first-order chi connectivity index (χ1) is 9.09. The van der Waals surface area contributed by atoms with Gasteiger partial charge in [-0.05, 0) is 23.8 Å². The molecule has 0 saturated heterocycles. The summed E-state index contributed by atoms with van der Waals surface area (Å²) in [6, 6.07) is 14.3. The summed E-state index contributed by atoms with van der Waals surface area (Å²) in [5.74, 6) is 0.976. The van der Waals surface area contributed by atoms with Gasteiger partial charge in [-0.1, -0.05) is 49.7 Å². The predicted octanol–water partition coefficient (Wildman–Crippen LogP) is 5.39. The summed E-state index contributed by atoms with van der Waals surface area (Å²) in [4.78, 5) is 0. The van der Waals surface area contributed by atoms with Gasteiger partial charge >= 0.3 is 0 Å². The smallest absolute Gasteiger partial charge is 0.139 e. The van der Waals surface area contributed by atoms with E-state index in [4.69, 9.17) is 16.0 Å². The van der Waals surface area contributed by atoms with Crippen LogP contribution in [0.4, 0.5) is 0 Å². The summed E-state index contributed by atoms with van der Waals surface area (Å²) in [7, 11) is 0. The van der Waals surface area contributed by atoms with E-state index in [9.17, 15) is 0 Å². The van der Waals surface area contributed by atoms with Gasteiger partial charge in [0.25, 0.3) is 0 Å². The molecule has 0 fully saturated rings. The van der Waals surface area contributed by atoms with Crippen LogP contribution in [0.2, 0.25) is 5.02 Å². The summed E-state index contributed by atoms with van der Waals surface area (Å²) < 4.78 is 6.07.